The van der Waals surface area contributed by atoms with E-state index in [1.54, 1.807) is 6.07 Å². The topological polar surface area (TPSA) is 49.4 Å². The van der Waals surface area contributed by atoms with Crippen LogP contribution in [0.1, 0.15) is 72.2 Å². The molecule has 2 aliphatic carbocycles. The SMILES string of the molecule is CC1CC2CC(C1)CC(C)(c1ccc(NC(=O)c3cccc(N(C)c4ccccc4C=O)c3)cc1)C2. The molecule has 0 saturated heterocycles. The molecule has 0 heterocycles. The van der Waals surface area contributed by atoms with Crippen molar-refractivity contribution < 1.29 is 9.59 Å². The summed E-state index contributed by atoms with van der Waals surface area (Å²) < 4.78 is 0. The second-order valence-corrected chi connectivity index (χ2v) is 11.3. The van der Waals surface area contributed by atoms with Crippen LogP contribution >= 0.6 is 0 Å². The molecule has 0 aromatic heterocycles. The lowest BCUT2D eigenvalue weighted by Gasteiger charge is -2.47. The van der Waals surface area contributed by atoms with Crippen LogP contribution in [-0.2, 0) is 5.41 Å². The Kier molecular flexibility index (Phi) is 6.70. The number of anilines is 3. The molecule has 0 spiro atoms. The Morgan fingerprint density at radius 1 is 0.944 bits per heavy atom. The highest BCUT2D eigenvalue weighted by molar-refractivity contribution is 6.05. The molecule has 3 aromatic carbocycles. The first-order valence-corrected chi connectivity index (χ1v) is 13.1. The number of rotatable bonds is 6. The molecule has 2 saturated carbocycles. The minimum Gasteiger partial charge on any atom is -0.344 e. The summed E-state index contributed by atoms with van der Waals surface area (Å²) in [7, 11) is 1.90. The molecule has 36 heavy (non-hydrogen) atoms. The van der Waals surface area contributed by atoms with Gasteiger partial charge >= 0.3 is 0 Å². The van der Waals surface area contributed by atoms with Crippen molar-refractivity contribution in [1.29, 1.82) is 0 Å². The van der Waals surface area contributed by atoms with E-state index in [1.807, 2.05) is 66.5 Å². The van der Waals surface area contributed by atoms with E-state index in [2.05, 4.69) is 31.3 Å². The molecule has 0 radical (unpaired) electrons. The van der Waals surface area contributed by atoms with E-state index in [9.17, 15) is 9.59 Å². The van der Waals surface area contributed by atoms with E-state index < -0.39 is 0 Å². The molecule has 3 aromatic rings. The van der Waals surface area contributed by atoms with Crippen molar-refractivity contribution in [3.05, 3.63) is 89.5 Å². The van der Waals surface area contributed by atoms with Gasteiger partial charge in [-0.15, -0.1) is 0 Å². The van der Waals surface area contributed by atoms with E-state index in [4.69, 9.17) is 0 Å². The number of benzene rings is 3. The minimum atomic E-state index is -0.144. The fourth-order valence-electron chi connectivity index (χ4n) is 6.87. The van der Waals surface area contributed by atoms with Crippen molar-refractivity contribution in [2.75, 3.05) is 17.3 Å². The van der Waals surface area contributed by atoms with Gasteiger partial charge in [-0.05, 0) is 103 Å². The molecule has 2 aliphatic rings. The normalized spacial score (nSPS) is 25.1. The first-order valence-electron chi connectivity index (χ1n) is 13.1. The molecule has 1 amide bonds. The number of carbonyl (C=O) groups is 2. The largest absolute Gasteiger partial charge is 0.344 e. The van der Waals surface area contributed by atoms with Crippen molar-refractivity contribution in [1.82, 2.24) is 0 Å². The van der Waals surface area contributed by atoms with Crippen LogP contribution in [0.3, 0.4) is 0 Å². The Hall–Kier alpha value is -3.40. The van der Waals surface area contributed by atoms with Gasteiger partial charge in [-0.3, -0.25) is 9.59 Å². The fourth-order valence-corrected chi connectivity index (χ4v) is 6.87. The van der Waals surface area contributed by atoms with Gasteiger partial charge in [0.2, 0.25) is 0 Å². The number of carbonyl (C=O) groups excluding carboxylic acids is 2. The zero-order valence-electron chi connectivity index (χ0n) is 21.5. The van der Waals surface area contributed by atoms with Gasteiger partial charge in [0.05, 0.1) is 5.69 Å². The number of hydrogen-bond acceptors (Lipinski definition) is 3. The molecule has 1 N–H and O–H groups in total. The van der Waals surface area contributed by atoms with E-state index in [0.717, 1.165) is 41.1 Å². The van der Waals surface area contributed by atoms with Crippen LogP contribution in [0.4, 0.5) is 17.1 Å². The molecule has 5 rings (SSSR count). The van der Waals surface area contributed by atoms with Gasteiger partial charge in [-0.25, -0.2) is 0 Å². The van der Waals surface area contributed by atoms with Crippen LogP contribution in [0.25, 0.3) is 0 Å². The third kappa shape index (κ3) is 4.95. The number of nitrogens with zero attached hydrogens (tertiary/aromatic N) is 1. The summed E-state index contributed by atoms with van der Waals surface area (Å²) >= 11 is 0. The summed E-state index contributed by atoms with van der Waals surface area (Å²) in [5.41, 5.74) is 5.26. The van der Waals surface area contributed by atoms with E-state index in [-0.39, 0.29) is 11.3 Å². The van der Waals surface area contributed by atoms with Crippen molar-refractivity contribution >= 4 is 29.3 Å². The molecular weight excluding hydrogens is 444 g/mol. The predicted molar refractivity (Wildman–Crippen MR) is 147 cm³/mol. The average Bonchev–Trinajstić information content (AvgIpc) is 2.87. The molecular formula is C32H36N2O2. The maximum Gasteiger partial charge on any atom is 0.255 e. The highest BCUT2D eigenvalue weighted by atomic mass is 16.1. The van der Waals surface area contributed by atoms with Crippen LogP contribution in [0.15, 0.2) is 72.8 Å². The van der Waals surface area contributed by atoms with Gasteiger partial charge < -0.3 is 10.2 Å². The van der Waals surface area contributed by atoms with Gasteiger partial charge in [-0.2, -0.15) is 0 Å². The van der Waals surface area contributed by atoms with Gasteiger partial charge in [0.15, 0.2) is 6.29 Å². The zero-order chi connectivity index (χ0) is 25.3. The Labute approximate surface area is 214 Å². The summed E-state index contributed by atoms with van der Waals surface area (Å²) in [6, 6.07) is 23.4. The van der Waals surface area contributed by atoms with Gasteiger partial charge in [0.25, 0.3) is 5.91 Å². The minimum absolute atomic E-state index is 0.144. The highest BCUT2D eigenvalue weighted by Gasteiger charge is 2.41. The quantitative estimate of drug-likeness (QED) is 0.369. The molecule has 2 fully saturated rings. The van der Waals surface area contributed by atoms with Gasteiger partial charge in [0, 0.05) is 29.5 Å². The molecule has 2 bridgehead atoms. The summed E-state index contributed by atoms with van der Waals surface area (Å²) in [6.45, 7) is 4.84. The summed E-state index contributed by atoms with van der Waals surface area (Å²) in [5.74, 6) is 2.42. The number of nitrogens with one attached hydrogen (secondary N) is 1. The van der Waals surface area contributed by atoms with Crippen LogP contribution < -0.4 is 10.2 Å². The number of aldehydes is 1. The number of amides is 1. The summed E-state index contributed by atoms with van der Waals surface area (Å²) in [5, 5.41) is 3.06. The smallest absolute Gasteiger partial charge is 0.255 e. The summed E-state index contributed by atoms with van der Waals surface area (Å²) in [4.78, 5) is 26.5. The molecule has 4 nitrogen and oxygen atoms in total. The zero-order valence-corrected chi connectivity index (χ0v) is 21.5. The van der Waals surface area contributed by atoms with E-state index in [0.29, 0.717) is 11.1 Å². The number of para-hydroxylation sites is 1. The van der Waals surface area contributed by atoms with Crippen molar-refractivity contribution in [3.8, 4) is 0 Å². The Bertz CT molecular complexity index is 1230. The lowest BCUT2D eigenvalue weighted by atomic mass is 9.57. The fraction of sp³-hybridized carbons (Fsp3) is 0.375. The highest BCUT2D eigenvalue weighted by Crippen LogP contribution is 2.51. The van der Waals surface area contributed by atoms with Crippen molar-refractivity contribution in [3.63, 3.8) is 0 Å². The van der Waals surface area contributed by atoms with Crippen LogP contribution in [-0.4, -0.2) is 19.2 Å². The Morgan fingerprint density at radius 3 is 2.33 bits per heavy atom. The standard InChI is InChI=1S/C32H36N2O2/c1-22-15-23-17-24(16-22)20-32(2,19-23)27-11-13-28(14-12-27)33-31(36)25-8-6-9-29(18-25)34(3)30-10-5-4-7-26(30)21-35/h4-14,18,21-24H,15-17,19-20H2,1-3H3,(H,33,36). The van der Waals surface area contributed by atoms with Crippen molar-refractivity contribution in [2.45, 2.75) is 51.4 Å². The van der Waals surface area contributed by atoms with Gasteiger partial charge in [0.1, 0.15) is 0 Å². The maximum absolute atomic E-state index is 13.1. The second-order valence-electron chi connectivity index (χ2n) is 11.3. The average molecular weight is 481 g/mol. The molecule has 0 aliphatic heterocycles. The molecule has 186 valence electrons. The van der Waals surface area contributed by atoms with E-state index >= 15 is 0 Å². The van der Waals surface area contributed by atoms with E-state index in [1.165, 1.54) is 37.7 Å². The molecule has 4 heteroatoms. The van der Waals surface area contributed by atoms with Crippen LogP contribution in [0.2, 0.25) is 0 Å². The predicted octanol–water partition coefficient (Wildman–Crippen LogP) is 7.62. The third-order valence-corrected chi connectivity index (χ3v) is 8.38. The Morgan fingerprint density at radius 2 is 1.64 bits per heavy atom. The number of fused-ring (bicyclic) bond motifs is 2. The summed E-state index contributed by atoms with van der Waals surface area (Å²) in [6.07, 6.45) is 7.54. The lowest BCUT2D eigenvalue weighted by Crippen LogP contribution is -2.38. The molecule has 2 atom stereocenters. The monoisotopic (exact) mass is 480 g/mol. The first-order chi connectivity index (χ1) is 17.3. The van der Waals surface area contributed by atoms with Crippen LogP contribution in [0.5, 0.6) is 0 Å². The Balaban J connectivity index is 1.28. The van der Waals surface area contributed by atoms with Crippen LogP contribution in [0, 0.1) is 17.8 Å². The number of hydrogen-bond donors (Lipinski definition) is 1. The first kappa shape index (κ1) is 24.3. The third-order valence-electron chi connectivity index (χ3n) is 8.38. The second kappa shape index (κ2) is 9.93. The lowest BCUT2D eigenvalue weighted by molar-refractivity contribution is 0.0899. The van der Waals surface area contributed by atoms with Gasteiger partial charge in [-0.1, -0.05) is 44.2 Å². The maximum atomic E-state index is 13.1. The molecule has 2 unspecified atom stereocenters. The van der Waals surface area contributed by atoms with Crippen molar-refractivity contribution in [2.24, 2.45) is 17.8 Å².